The molecule has 3 rings (SSSR count). The fourth-order valence-corrected chi connectivity index (χ4v) is 3.47. The van der Waals surface area contributed by atoms with Gasteiger partial charge in [-0.1, -0.05) is 6.07 Å². The number of hydrogen-bond donors (Lipinski definition) is 2. The summed E-state index contributed by atoms with van der Waals surface area (Å²) in [4.78, 5) is 29.2. The van der Waals surface area contributed by atoms with Crippen molar-refractivity contribution >= 4 is 34.0 Å². The molecule has 0 radical (unpaired) electrons. The Morgan fingerprint density at radius 2 is 1.48 bits per heavy atom. The zero-order valence-corrected chi connectivity index (χ0v) is 17.3. The van der Waals surface area contributed by atoms with Crippen molar-refractivity contribution in [1.29, 1.82) is 0 Å². The maximum atomic E-state index is 12.5. The quantitative estimate of drug-likeness (QED) is 0.632. The van der Waals surface area contributed by atoms with Crippen LogP contribution in [0.25, 0.3) is 0 Å². The minimum Gasteiger partial charge on any atom is -0.497 e. The average molecular weight is 411 g/mol. The summed E-state index contributed by atoms with van der Waals surface area (Å²) in [7, 11) is 3.02. The van der Waals surface area contributed by atoms with Gasteiger partial charge in [-0.05, 0) is 49.2 Å². The fraction of sp³-hybridized carbons (Fsp3) is 0.190. The Bertz CT molecular complexity index is 1020. The van der Waals surface area contributed by atoms with Crippen LogP contribution in [0.4, 0.5) is 10.8 Å². The Balaban J connectivity index is 1.71. The molecule has 0 fully saturated rings. The van der Waals surface area contributed by atoms with E-state index in [-0.39, 0.29) is 17.5 Å². The summed E-state index contributed by atoms with van der Waals surface area (Å²) < 4.78 is 10.4. The first kappa shape index (κ1) is 20.3. The van der Waals surface area contributed by atoms with Gasteiger partial charge in [-0.25, -0.2) is 4.98 Å². The lowest BCUT2D eigenvalue weighted by molar-refractivity contribution is 0.101. The molecule has 8 heteroatoms. The van der Waals surface area contributed by atoms with Crippen LogP contribution >= 0.6 is 11.3 Å². The maximum Gasteiger partial charge on any atom is 0.275 e. The number of ether oxygens (including phenoxy) is 2. The van der Waals surface area contributed by atoms with Gasteiger partial charge in [0.2, 0.25) is 0 Å². The topological polar surface area (TPSA) is 89.6 Å². The van der Waals surface area contributed by atoms with Crippen LogP contribution in [0.1, 0.15) is 32.0 Å². The highest BCUT2D eigenvalue weighted by Gasteiger charge is 2.15. The third kappa shape index (κ3) is 5.11. The molecule has 0 aliphatic heterocycles. The minimum atomic E-state index is -0.377. The van der Waals surface area contributed by atoms with Crippen LogP contribution in [0.15, 0.2) is 41.8 Å². The second-order valence-corrected chi connectivity index (χ2v) is 7.28. The van der Waals surface area contributed by atoms with Gasteiger partial charge in [0.25, 0.3) is 11.8 Å². The summed E-state index contributed by atoms with van der Waals surface area (Å²) in [6.45, 7) is 3.93. The molecule has 2 amide bonds. The number of benzene rings is 2. The van der Waals surface area contributed by atoms with Crippen molar-refractivity contribution in [1.82, 2.24) is 4.98 Å². The Kier molecular flexibility index (Phi) is 6.13. The summed E-state index contributed by atoms with van der Waals surface area (Å²) in [5.41, 5.74) is 3.40. The smallest absolute Gasteiger partial charge is 0.275 e. The van der Waals surface area contributed by atoms with Crippen molar-refractivity contribution in [3.63, 3.8) is 0 Å². The molecule has 0 bridgehead atoms. The lowest BCUT2D eigenvalue weighted by atomic mass is 10.1. The number of carbonyl (C=O) groups excluding carboxylic acids is 2. The Labute approximate surface area is 172 Å². The molecule has 0 unspecified atom stereocenters. The van der Waals surface area contributed by atoms with Crippen molar-refractivity contribution in [3.05, 3.63) is 64.2 Å². The first-order chi connectivity index (χ1) is 13.9. The molecule has 150 valence electrons. The van der Waals surface area contributed by atoms with Crippen molar-refractivity contribution < 1.29 is 19.1 Å². The summed E-state index contributed by atoms with van der Waals surface area (Å²) in [6.07, 6.45) is 0. The Hall–Kier alpha value is -3.39. The van der Waals surface area contributed by atoms with Gasteiger partial charge in [0, 0.05) is 22.7 Å². The van der Waals surface area contributed by atoms with E-state index in [4.69, 9.17) is 9.47 Å². The SMILES string of the molecule is COc1cc(OC)cc(C(=O)Nc2nc(C(=O)Nc3cc(C)cc(C)c3)cs2)c1. The van der Waals surface area contributed by atoms with E-state index in [0.29, 0.717) is 27.9 Å². The molecule has 2 N–H and O–H groups in total. The third-order valence-corrected chi connectivity index (χ3v) is 4.81. The second-order valence-electron chi connectivity index (χ2n) is 6.42. The number of hydrogen-bond acceptors (Lipinski definition) is 6. The van der Waals surface area contributed by atoms with Crippen LogP contribution < -0.4 is 20.1 Å². The predicted octanol–water partition coefficient (Wildman–Crippen LogP) is 4.28. The molecule has 0 aliphatic carbocycles. The van der Waals surface area contributed by atoms with Crippen LogP contribution in [0.2, 0.25) is 0 Å². The molecule has 7 nitrogen and oxygen atoms in total. The largest absolute Gasteiger partial charge is 0.497 e. The van der Waals surface area contributed by atoms with Crippen LogP contribution in [-0.4, -0.2) is 31.0 Å². The Morgan fingerprint density at radius 1 is 0.862 bits per heavy atom. The summed E-state index contributed by atoms with van der Waals surface area (Å²) in [6, 6.07) is 10.7. The van der Waals surface area contributed by atoms with E-state index in [2.05, 4.69) is 15.6 Å². The van der Waals surface area contributed by atoms with Gasteiger partial charge in [-0.15, -0.1) is 11.3 Å². The number of rotatable bonds is 6. The van der Waals surface area contributed by atoms with Crippen molar-refractivity contribution in [2.24, 2.45) is 0 Å². The van der Waals surface area contributed by atoms with Crippen LogP contribution in [-0.2, 0) is 0 Å². The van der Waals surface area contributed by atoms with Crippen LogP contribution in [0.3, 0.4) is 0 Å². The lowest BCUT2D eigenvalue weighted by Crippen LogP contribution is -2.14. The highest BCUT2D eigenvalue weighted by molar-refractivity contribution is 7.14. The number of methoxy groups -OCH3 is 2. The number of aryl methyl sites for hydroxylation is 2. The monoisotopic (exact) mass is 411 g/mol. The van der Waals surface area contributed by atoms with E-state index < -0.39 is 0 Å². The molecule has 0 spiro atoms. The van der Waals surface area contributed by atoms with E-state index >= 15 is 0 Å². The summed E-state index contributed by atoms with van der Waals surface area (Å²) >= 11 is 1.17. The highest BCUT2D eigenvalue weighted by Crippen LogP contribution is 2.24. The third-order valence-electron chi connectivity index (χ3n) is 4.05. The summed E-state index contributed by atoms with van der Waals surface area (Å²) in [5.74, 6) is 0.289. The van der Waals surface area contributed by atoms with Gasteiger partial charge in [-0.3, -0.25) is 14.9 Å². The number of nitrogens with zero attached hydrogens (tertiary/aromatic N) is 1. The standard InChI is InChI=1S/C21H21N3O4S/c1-12-5-13(2)7-15(6-12)22-20(26)18-11-29-21(23-18)24-19(25)14-8-16(27-3)10-17(9-14)28-4/h5-11H,1-4H3,(H,22,26)(H,23,24,25). The number of thiazole rings is 1. The van der Waals surface area contributed by atoms with Gasteiger partial charge >= 0.3 is 0 Å². The molecule has 1 heterocycles. The zero-order chi connectivity index (χ0) is 21.0. The van der Waals surface area contributed by atoms with E-state index in [0.717, 1.165) is 11.1 Å². The normalized spacial score (nSPS) is 10.3. The number of anilines is 2. The number of amides is 2. The molecule has 0 saturated carbocycles. The zero-order valence-electron chi connectivity index (χ0n) is 16.5. The number of aromatic nitrogens is 1. The van der Waals surface area contributed by atoms with Gasteiger partial charge in [0.05, 0.1) is 14.2 Å². The second kappa shape index (κ2) is 8.74. The minimum absolute atomic E-state index is 0.229. The van der Waals surface area contributed by atoms with E-state index in [1.54, 1.807) is 23.6 Å². The van der Waals surface area contributed by atoms with Gasteiger partial charge < -0.3 is 14.8 Å². The summed E-state index contributed by atoms with van der Waals surface area (Å²) in [5, 5.41) is 7.44. The average Bonchev–Trinajstić information content (AvgIpc) is 3.15. The van der Waals surface area contributed by atoms with E-state index in [1.165, 1.54) is 25.6 Å². The fourth-order valence-electron chi connectivity index (χ4n) is 2.79. The Morgan fingerprint density at radius 3 is 2.07 bits per heavy atom. The first-order valence-electron chi connectivity index (χ1n) is 8.77. The molecule has 29 heavy (non-hydrogen) atoms. The van der Waals surface area contributed by atoms with E-state index in [9.17, 15) is 9.59 Å². The number of nitrogens with one attached hydrogen (secondary N) is 2. The van der Waals surface area contributed by atoms with Gasteiger partial charge in [0.1, 0.15) is 17.2 Å². The van der Waals surface area contributed by atoms with Crippen molar-refractivity contribution in [3.8, 4) is 11.5 Å². The first-order valence-corrected chi connectivity index (χ1v) is 9.65. The molecule has 0 saturated heterocycles. The van der Waals surface area contributed by atoms with Crippen LogP contribution in [0, 0.1) is 13.8 Å². The molecular formula is C21H21N3O4S. The molecule has 2 aromatic carbocycles. The predicted molar refractivity (Wildman–Crippen MR) is 113 cm³/mol. The van der Waals surface area contributed by atoms with Crippen LogP contribution in [0.5, 0.6) is 11.5 Å². The van der Waals surface area contributed by atoms with E-state index in [1.807, 2.05) is 32.0 Å². The van der Waals surface area contributed by atoms with Crippen molar-refractivity contribution in [2.75, 3.05) is 24.9 Å². The van der Waals surface area contributed by atoms with Gasteiger partial charge in [-0.2, -0.15) is 0 Å². The lowest BCUT2D eigenvalue weighted by Gasteiger charge is -2.08. The molecule has 0 aliphatic rings. The molecule has 3 aromatic rings. The van der Waals surface area contributed by atoms with Gasteiger partial charge in [0.15, 0.2) is 5.13 Å². The molecule has 0 atom stereocenters. The molecular weight excluding hydrogens is 390 g/mol. The molecule has 1 aromatic heterocycles. The number of carbonyl (C=O) groups is 2. The maximum absolute atomic E-state index is 12.5. The highest BCUT2D eigenvalue weighted by atomic mass is 32.1. The van der Waals surface area contributed by atoms with Crippen molar-refractivity contribution in [2.45, 2.75) is 13.8 Å².